The lowest BCUT2D eigenvalue weighted by molar-refractivity contribution is 0.112. The van der Waals surface area contributed by atoms with Crippen LogP contribution in [0.25, 0.3) is 0 Å². The van der Waals surface area contributed by atoms with Crippen molar-refractivity contribution in [1.82, 2.24) is 4.90 Å². The van der Waals surface area contributed by atoms with E-state index in [0.717, 1.165) is 5.92 Å². The van der Waals surface area contributed by atoms with Gasteiger partial charge in [0.15, 0.2) is 0 Å². The largest absolute Gasteiger partial charge is 0.327 e. The van der Waals surface area contributed by atoms with Crippen molar-refractivity contribution in [2.24, 2.45) is 17.1 Å². The predicted octanol–water partition coefficient (Wildman–Crippen LogP) is 2.63. The Labute approximate surface area is 101 Å². The third-order valence-corrected chi connectivity index (χ3v) is 5.03. The fraction of sp³-hybridized carbons (Fsp3) is 1.00. The van der Waals surface area contributed by atoms with E-state index in [0.29, 0.717) is 11.5 Å². The van der Waals surface area contributed by atoms with Gasteiger partial charge in [-0.05, 0) is 50.1 Å². The maximum Gasteiger partial charge on any atom is 0.0105 e. The molecule has 1 aliphatic carbocycles. The summed E-state index contributed by atoms with van der Waals surface area (Å²) in [6.45, 7) is 8.58. The van der Waals surface area contributed by atoms with Gasteiger partial charge in [-0.3, -0.25) is 0 Å². The molecule has 1 saturated heterocycles. The minimum Gasteiger partial charge on any atom is -0.327 e. The van der Waals surface area contributed by atoms with Crippen LogP contribution in [0.1, 0.15) is 52.4 Å². The van der Waals surface area contributed by atoms with Gasteiger partial charge in [-0.25, -0.2) is 0 Å². The first-order chi connectivity index (χ1) is 7.64. The first-order valence-corrected chi connectivity index (χ1v) is 7.12. The molecular weight excluding hydrogens is 196 g/mol. The van der Waals surface area contributed by atoms with Gasteiger partial charge in [-0.2, -0.15) is 0 Å². The van der Waals surface area contributed by atoms with Gasteiger partial charge in [0.25, 0.3) is 0 Å². The predicted molar refractivity (Wildman–Crippen MR) is 69.4 cm³/mol. The zero-order valence-corrected chi connectivity index (χ0v) is 11.0. The normalized spacial score (nSPS) is 38.1. The molecule has 1 aliphatic heterocycles. The second-order valence-corrected chi connectivity index (χ2v) is 6.28. The number of piperidine rings is 1. The molecule has 2 aliphatic rings. The quantitative estimate of drug-likeness (QED) is 0.798. The van der Waals surface area contributed by atoms with Gasteiger partial charge in [0, 0.05) is 12.6 Å². The van der Waals surface area contributed by atoms with Crippen molar-refractivity contribution in [3.63, 3.8) is 0 Å². The Bertz CT molecular complexity index is 221. The van der Waals surface area contributed by atoms with Crippen LogP contribution in [-0.4, -0.2) is 30.6 Å². The molecule has 2 heteroatoms. The molecule has 0 amide bonds. The van der Waals surface area contributed by atoms with E-state index in [9.17, 15) is 0 Å². The summed E-state index contributed by atoms with van der Waals surface area (Å²) in [6.07, 6.45) is 8.08. The highest BCUT2D eigenvalue weighted by Gasteiger charge is 2.38. The van der Waals surface area contributed by atoms with Crippen LogP contribution in [0.5, 0.6) is 0 Å². The van der Waals surface area contributed by atoms with Gasteiger partial charge in [0.05, 0.1) is 0 Å². The number of nitrogens with two attached hydrogens (primary N) is 1. The van der Waals surface area contributed by atoms with E-state index >= 15 is 0 Å². The van der Waals surface area contributed by atoms with Gasteiger partial charge in [0.2, 0.25) is 0 Å². The zero-order chi connectivity index (χ0) is 11.6. The topological polar surface area (TPSA) is 29.3 Å². The maximum atomic E-state index is 6.26. The molecule has 0 aromatic rings. The molecule has 0 spiro atoms. The summed E-state index contributed by atoms with van der Waals surface area (Å²) < 4.78 is 0. The first kappa shape index (κ1) is 12.4. The van der Waals surface area contributed by atoms with Crippen LogP contribution in [0.3, 0.4) is 0 Å². The molecule has 2 atom stereocenters. The van der Waals surface area contributed by atoms with E-state index in [1.165, 1.54) is 58.2 Å². The van der Waals surface area contributed by atoms with E-state index in [4.69, 9.17) is 5.73 Å². The van der Waals surface area contributed by atoms with Crippen LogP contribution in [-0.2, 0) is 0 Å². The van der Waals surface area contributed by atoms with Crippen LogP contribution in [0.2, 0.25) is 0 Å². The number of hydrogen-bond acceptors (Lipinski definition) is 2. The van der Waals surface area contributed by atoms with E-state index in [1.54, 1.807) is 0 Å². The lowest BCUT2D eigenvalue weighted by Gasteiger charge is -2.39. The summed E-state index contributed by atoms with van der Waals surface area (Å²) in [6, 6.07) is 0.441. The van der Waals surface area contributed by atoms with Crippen molar-refractivity contribution in [1.29, 1.82) is 0 Å². The Balaban J connectivity index is 1.82. The zero-order valence-electron chi connectivity index (χ0n) is 11.0. The molecule has 1 heterocycles. The van der Waals surface area contributed by atoms with Crippen molar-refractivity contribution in [3.8, 4) is 0 Å². The van der Waals surface area contributed by atoms with Gasteiger partial charge < -0.3 is 10.6 Å². The molecule has 16 heavy (non-hydrogen) atoms. The molecule has 1 saturated carbocycles. The highest BCUT2D eigenvalue weighted by atomic mass is 15.1. The molecule has 0 bridgehead atoms. The van der Waals surface area contributed by atoms with Crippen LogP contribution < -0.4 is 5.73 Å². The SMILES string of the molecule is CCC1CCN(CC2(C)CCCC2N)CC1. The van der Waals surface area contributed by atoms with E-state index in [-0.39, 0.29) is 0 Å². The molecule has 2 N–H and O–H groups in total. The van der Waals surface area contributed by atoms with Crippen molar-refractivity contribution in [2.45, 2.75) is 58.4 Å². The van der Waals surface area contributed by atoms with Gasteiger partial charge in [-0.1, -0.05) is 26.7 Å². The average Bonchev–Trinajstić information content (AvgIpc) is 2.60. The second kappa shape index (κ2) is 5.05. The fourth-order valence-corrected chi connectivity index (χ4v) is 3.52. The first-order valence-electron chi connectivity index (χ1n) is 7.12. The Morgan fingerprint density at radius 2 is 1.94 bits per heavy atom. The van der Waals surface area contributed by atoms with Gasteiger partial charge >= 0.3 is 0 Å². The van der Waals surface area contributed by atoms with Crippen LogP contribution in [0, 0.1) is 11.3 Å². The van der Waals surface area contributed by atoms with Crippen LogP contribution in [0.4, 0.5) is 0 Å². The Morgan fingerprint density at radius 3 is 2.44 bits per heavy atom. The Kier molecular flexibility index (Phi) is 3.91. The molecule has 2 unspecified atom stereocenters. The summed E-state index contributed by atoms with van der Waals surface area (Å²) >= 11 is 0. The highest BCUT2D eigenvalue weighted by Crippen LogP contribution is 2.38. The lowest BCUT2D eigenvalue weighted by atomic mass is 9.83. The number of likely N-dealkylation sites (tertiary alicyclic amines) is 1. The number of rotatable bonds is 3. The Morgan fingerprint density at radius 1 is 1.25 bits per heavy atom. The van der Waals surface area contributed by atoms with E-state index in [2.05, 4.69) is 18.7 Å². The Hall–Kier alpha value is -0.0800. The summed E-state index contributed by atoms with van der Waals surface area (Å²) in [7, 11) is 0. The molecular formula is C14H28N2. The fourth-order valence-electron chi connectivity index (χ4n) is 3.52. The van der Waals surface area contributed by atoms with Crippen molar-refractivity contribution in [3.05, 3.63) is 0 Å². The van der Waals surface area contributed by atoms with Crippen molar-refractivity contribution < 1.29 is 0 Å². The van der Waals surface area contributed by atoms with E-state index in [1.807, 2.05) is 0 Å². The second-order valence-electron chi connectivity index (χ2n) is 6.28. The number of nitrogens with zero attached hydrogens (tertiary/aromatic N) is 1. The maximum absolute atomic E-state index is 6.26. The summed E-state index contributed by atoms with van der Waals surface area (Å²) in [5.74, 6) is 0.987. The van der Waals surface area contributed by atoms with Crippen LogP contribution in [0.15, 0.2) is 0 Å². The third-order valence-electron chi connectivity index (χ3n) is 5.03. The van der Waals surface area contributed by atoms with Crippen LogP contribution >= 0.6 is 0 Å². The smallest absolute Gasteiger partial charge is 0.0105 e. The molecule has 0 aromatic heterocycles. The molecule has 2 rings (SSSR count). The summed E-state index contributed by atoms with van der Waals surface area (Å²) in [4.78, 5) is 2.66. The van der Waals surface area contributed by atoms with Gasteiger partial charge in [0.1, 0.15) is 0 Å². The minimum absolute atomic E-state index is 0.402. The minimum atomic E-state index is 0.402. The summed E-state index contributed by atoms with van der Waals surface area (Å²) in [5, 5.41) is 0. The molecule has 2 nitrogen and oxygen atoms in total. The third kappa shape index (κ3) is 2.60. The molecule has 94 valence electrons. The molecule has 2 fully saturated rings. The van der Waals surface area contributed by atoms with E-state index < -0.39 is 0 Å². The summed E-state index contributed by atoms with van der Waals surface area (Å²) in [5.41, 5.74) is 6.66. The molecule has 0 radical (unpaired) electrons. The lowest BCUT2D eigenvalue weighted by Crippen LogP contribution is -2.46. The molecule has 0 aromatic carbocycles. The average molecular weight is 224 g/mol. The number of hydrogen-bond donors (Lipinski definition) is 1. The highest BCUT2D eigenvalue weighted by molar-refractivity contribution is 4.94. The standard InChI is InChI=1S/C14H28N2/c1-3-12-6-9-16(10-7-12)11-14(2)8-4-5-13(14)15/h12-13H,3-11,15H2,1-2H3. The van der Waals surface area contributed by atoms with Crippen molar-refractivity contribution >= 4 is 0 Å². The van der Waals surface area contributed by atoms with Crippen molar-refractivity contribution in [2.75, 3.05) is 19.6 Å². The monoisotopic (exact) mass is 224 g/mol. The van der Waals surface area contributed by atoms with Gasteiger partial charge in [-0.15, -0.1) is 0 Å².